The number of hydrogen-bond acceptors (Lipinski definition) is 2. The molecule has 1 amide bonds. The Kier molecular flexibility index (Phi) is 5.02. The number of ether oxygens (including phenoxy) is 1. The molecule has 1 N–H and O–H groups in total. The van der Waals surface area contributed by atoms with Crippen molar-refractivity contribution in [2.45, 2.75) is 13.5 Å². The van der Waals surface area contributed by atoms with Crippen molar-refractivity contribution in [3.63, 3.8) is 0 Å². The summed E-state index contributed by atoms with van der Waals surface area (Å²) in [6.45, 7) is 2.39. The lowest BCUT2D eigenvalue weighted by molar-refractivity contribution is -0.123. The molecule has 4 heteroatoms. The van der Waals surface area contributed by atoms with Crippen LogP contribution in [-0.4, -0.2) is 12.5 Å². The largest absolute Gasteiger partial charge is 0.484 e. The summed E-state index contributed by atoms with van der Waals surface area (Å²) in [5.41, 5.74) is 1.98. The van der Waals surface area contributed by atoms with Crippen LogP contribution in [0.1, 0.15) is 11.1 Å². The fraction of sp³-hybridized carbons (Fsp3) is 0.188. The van der Waals surface area contributed by atoms with Crippen molar-refractivity contribution < 1.29 is 9.53 Å². The van der Waals surface area contributed by atoms with Crippen LogP contribution in [0.15, 0.2) is 48.5 Å². The SMILES string of the molecule is Cc1cc(OCC(=O)NCc2ccccc2)ccc1Cl. The molecule has 0 aliphatic heterocycles. The molecule has 0 radical (unpaired) electrons. The van der Waals surface area contributed by atoms with Crippen LogP contribution >= 0.6 is 11.6 Å². The van der Waals surface area contributed by atoms with Crippen molar-refractivity contribution in [1.29, 1.82) is 0 Å². The lowest BCUT2D eigenvalue weighted by atomic mass is 10.2. The maximum Gasteiger partial charge on any atom is 0.258 e. The summed E-state index contributed by atoms with van der Waals surface area (Å²) < 4.78 is 5.42. The molecule has 0 aliphatic rings. The minimum absolute atomic E-state index is 0.00605. The van der Waals surface area contributed by atoms with Gasteiger partial charge < -0.3 is 10.1 Å². The van der Waals surface area contributed by atoms with E-state index in [-0.39, 0.29) is 12.5 Å². The van der Waals surface area contributed by atoms with Gasteiger partial charge in [-0.2, -0.15) is 0 Å². The number of carbonyl (C=O) groups is 1. The number of carbonyl (C=O) groups excluding carboxylic acids is 1. The van der Waals surface area contributed by atoms with Crippen LogP contribution < -0.4 is 10.1 Å². The van der Waals surface area contributed by atoms with E-state index in [4.69, 9.17) is 16.3 Å². The highest BCUT2D eigenvalue weighted by Crippen LogP contribution is 2.20. The van der Waals surface area contributed by atoms with Crippen LogP contribution in [0.3, 0.4) is 0 Å². The molecule has 104 valence electrons. The molecular weight excluding hydrogens is 274 g/mol. The van der Waals surface area contributed by atoms with Crippen LogP contribution in [0.4, 0.5) is 0 Å². The molecule has 0 bridgehead atoms. The Bertz CT molecular complexity index is 584. The lowest BCUT2D eigenvalue weighted by Crippen LogP contribution is -2.28. The van der Waals surface area contributed by atoms with E-state index in [1.165, 1.54) is 0 Å². The van der Waals surface area contributed by atoms with Crippen molar-refractivity contribution in [1.82, 2.24) is 5.32 Å². The van der Waals surface area contributed by atoms with Gasteiger partial charge in [0, 0.05) is 11.6 Å². The van der Waals surface area contributed by atoms with Crippen LogP contribution in [0.25, 0.3) is 0 Å². The highest BCUT2D eigenvalue weighted by molar-refractivity contribution is 6.31. The first-order chi connectivity index (χ1) is 9.65. The maximum atomic E-state index is 11.7. The van der Waals surface area contributed by atoms with Crippen LogP contribution in [0.2, 0.25) is 5.02 Å². The van der Waals surface area contributed by atoms with Gasteiger partial charge in [0.05, 0.1) is 0 Å². The van der Waals surface area contributed by atoms with Gasteiger partial charge in [-0.25, -0.2) is 0 Å². The van der Waals surface area contributed by atoms with Gasteiger partial charge in [-0.15, -0.1) is 0 Å². The fourth-order valence-corrected chi connectivity index (χ4v) is 1.82. The summed E-state index contributed by atoms with van der Waals surface area (Å²) in [6, 6.07) is 15.1. The molecule has 3 nitrogen and oxygen atoms in total. The molecule has 0 saturated heterocycles. The van der Waals surface area contributed by atoms with Gasteiger partial charge in [0.2, 0.25) is 0 Å². The predicted molar refractivity (Wildman–Crippen MR) is 80.0 cm³/mol. The molecule has 2 aromatic carbocycles. The average molecular weight is 290 g/mol. The molecule has 2 rings (SSSR count). The summed E-state index contributed by atoms with van der Waals surface area (Å²) in [7, 11) is 0. The standard InChI is InChI=1S/C16H16ClNO2/c1-12-9-14(7-8-15(12)17)20-11-16(19)18-10-13-5-3-2-4-6-13/h2-9H,10-11H2,1H3,(H,18,19). The quantitative estimate of drug-likeness (QED) is 0.917. The van der Waals surface area contributed by atoms with E-state index >= 15 is 0 Å². The van der Waals surface area contributed by atoms with E-state index in [1.807, 2.05) is 43.3 Å². The summed E-state index contributed by atoms with van der Waals surface area (Å²) in [4.78, 5) is 11.7. The Morgan fingerprint density at radius 3 is 2.65 bits per heavy atom. The maximum absolute atomic E-state index is 11.7. The highest BCUT2D eigenvalue weighted by Gasteiger charge is 2.04. The zero-order valence-electron chi connectivity index (χ0n) is 11.2. The number of benzene rings is 2. The van der Waals surface area contributed by atoms with E-state index in [0.29, 0.717) is 17.3 Å². The van der Waals surface area contributed by atoms with Crippen LogP contribution in [-0.2, 0) is 11.3 Å². The Hall–Kier alpha value is -2.00. The zero-order valence-corrected chi connectivity index (χ0v) is 12.0. The third-order valence-electron chi connectivity index (χ3n) is 2.83. The lowest BCUT2D eigenvalue weighted by Gasteiger charge is -2.08. The van der Waals surface area contributed by atoms with Gasteiger partial charge in [0.25, 0.3) is 5.91 Å². The van der Waals surface area contributed by atoms with E-state index in [2.05, 4.69) is 5.32 Å². The number of hydrogen-bond donors (Lipinski definition) is 1. The van der Waals surface area contributed by atoms with E-state index in [0.717, 1.165) is 11.1 Å². The Morgan fingerprint density at radius 2 is 1.95 bits per heavy atom. The predicted octanol–water partition coefficient (Wildman–Crippen LogP) is 3.34. The molecule has 20 heavy (non-hydrogen) atoms. The minimum Gasteiger partial charge on any atom is -0.484 e. The van der Waals surface area contributed by atoms with E-state index < -0.39 is 0 Å². The molecule has 0 aromatic heterocycles. The zero-order chi connectivity index (χ0) is 14.4. The van der Waals surface area contributed by atoms with Crippen molar-refractivity contribution in [3.8, 4) is 5.75 Å². The number of halogens is 1. The third kappa shape index (κ3) is 4.28. The topological polar surface area (TPSA) is 38.3 Å². The number of rotatable bonds is 5. The average Bonchev–Trinajstić information content (AvgIpc) is 2.47. The summed E-state index contributed by atoms with van der Waals surface area (Å²) >= 11 is 5.93. The first-order valence-electron chi connectivity index (χ1n) is 6.35. The second-order valence-electron chi connectivity index (χ2n) is 4.46. The monoisotopic (exact) mass is 289 g/mol. The second kappa shape index (κ2) is 6.96. The van der Waals surface area contributed by atoms with Gasteiger partial charge in [0.15, 0.2) is 6.61 Å². The van der Waals surface area contributed by atoms with Gasteiger partial charge in [-0.1, -0.05) is 41.9 Å². The molecule has 0 spiro atoms. The number of nitrogens with one attached hydrogen (secondary N) is 1. The third-order valence-corrected chi connectivity index (χ3v) is 3.26. The van der Waals surface area contributed by atoms with Crippen LogP contribution in [0, 0.1) is 6.92 Å². The normalized spacial score (nSPS) is 10.1. The Morgan fingerprint density at radius 1 is 1.20 bits per heavy atom. The summed E-state index contributed by atoms with van der Waals surface area (Å²) in [5.74, 6) is 0.489. The van der Waals surface area contributed by atoms with E-state index in [9.17, 15) is 4.79 Å². The molecule has 0 aliphatic carbocycles. The summed E-state index contributed by atoms with van der Waals surface area (Å²) in [5, 5.41) is 3.49. The first kappa shape index (κ1) is 14.4. The molecule has 0 fully saturated rings. The minimum atomic E-state index is -0.151. The Balaban J connectivity index is 1.79. The second-order valence-corrected chi connectivity index (χ2v) is 4.87. The number of aryl methyl sites for hydroxylation is 1. The highest BCUT2D eigenvalue weighted by atomic mass is 35.5. The van der Waals surface area contributed by atoms with E-state index in [1.54, 1.807) is 12.1 Å². The van der Waals surface area contributed by atoms with Gasteiger partial charge in [-0.3, -0.25) is 4.79 Å². The van der Waals surface area contributed by atoms with Crippen molar-refractivity contribution >= 4 is 17.5 Å². The smallest absolute Gasteiger partial charge is 0.258 e. The first-order valence-corrected chi connectivity index (χ1v) is 6.72. The molecule has 2 aromatic rings. The van der Waals surface area contributed by atoms with Gasteiger partial charge in [0.1, 0.15) is 5.75 Å². The van der Waals surface area contributed by atoms with Crippen LogP contribution in [0.5, 0.6) is 5.75 Å². The fourth-order valence-electron chi connectivity index (χ4n) is 1.70. The van der Waals surface area contributed by atoms with Gasteiger partial charge >= 0.3 is 0 Å². The summed E-state index contributed by atoms with van der Waals surface area (Å²) in [6.07, 6.45) is 0. The molecule has 0 atom stereocenters. The van der Waals surface area contributed by atoms with Crippen molar-refractivity contribution in [2.24, 2.45) is 0 Å². The molecular formula is C16H16ClNO2. The van der Waals surface area contributed by atoms with Crippen molar-refractivity contribution in [3.05, 3.63) is 64.7 Å². The van der Waals surface area contributed by atoms with Gasteiger partial charge in [-0.05, 0) is 36.2 Å². The molecule has 0 unspecified atom stereocenters. The van der Waals surface area contributed by atoms with Crippen molar-refractivity contribution in [2.75, 3.05) is 6.61 Å². The molecule has 0 heterocycles. The molecule has 0 saturated carbocycles. The number of amides is 1. The Labute approximate surface area is 123 Å².